The predicted octanol–water partition coefficient (Wildman–Crippen LogP) is 1.62. The number of amides is 1. The largest absolute Gasteiger partial charge is 0.360 e. The van der Waals surface area contributed by atoms with Crippen LogP contribution in [0.1, 0.15) is 42.6 Å². The van der Waals surface area contributed by atoms with Gasteiger partial charge in [0.1, 0.15) is 5.76 Å². The van der Waals surface area contributed by atoms with Gasteiger partial charge in [0.15, 0.2) is 5.69 Å². The zero-order valence-electron chi connectivity index (χ0n) is 11.9. The number of carbonyl (C=O) groups excluding carboxylic acids is 1. The lowest BCUT2D eigenvalue weighted by atomic mass is 10.1. The SMILES string of the molecule is CCc1onc(C(=O)NCC(C)N(C)CC)c1C. The Morgan fingerprint density at radius 1 is 1.50 bits per heavy atom. The van der Waals surface area contributed by atoms with Gasteiger partial charge >= 0.3 is 0 Å². The quantitative estimate of drug-likeness (QED) is 0.837. The third kappa shape index (κ3) is 3.32. The van der Waals surface area contributed by atoms with E-state index in [4.69, 9.17) is 4.52 Å². The molecule has 0 saturated heterocycles. The molecule has 0 bridgehead atoms. The highest BCUT2D eigenvalue weighted by molar-refractivity contribution is 5.93. The zero-order chi connectivity index (χ0) is 13.7. The molecule has 0 aliphatic heterocycles. The molecule has 102 valence electrons. The van der Waals surface area contributed by atoms with Gasteiger partial charge in [0.25, 0.3) is 5.91 Å². The Kier molecular flexibility index (Phi) is 5.34. The maximum Gasteiger partial charge on any atom is 0.273 e. The summed E-state index contributed by atoms with van der Waals surface area (Å²) in [6.07, 6.45) is 0.751. The Morgan fingerprint density at radius 2 is 2.17 bits per heavy atom. The number of nitrogens with one attached hydrogen (secondary N) is 1. The van der Waals surface area contributed by atoms with Gasteiger partial charge in [-0.2, -0.15) is 0 Å². The maximum absolute atomic E-state index is 12.0. The fraction of sp³-hybridized carbons (Fsp3) is 0.692. The van der Waals surface area contributed by atoms with Gasteiger partial charge in [-0.3, -0.25) is 4.79 Å². The van der Waals surface area contributed by atoms with Crippen molar-refractivity contribution in [1.29, 1.82) is 0 Å². The van der Waals surface area contributed by atoms with Crippen molar-refractivity contribution in [1.82, 2.24) is 15.4 Å². The van der Waals surface area contributed by atoms with Crippen LogP contribution in [0.25, 0.3) is 0 Å². The van der Waals surface area contributed by atoms with Gasteiger partial charge in [0.05, 0.1) is 0 Å². The van der Waals surface area contributed by atoms with Gasteiger partial charge in [-0.1, -0.05) is 19.0 Å². The van der Waals surface area contributed by atoms with E-state index in [0.717, 1.165) is 24.3 Å². The minimum Gasteiger partial charge on any atom is -0.360 e. The first-order valence-electron chi connectivity index (χ1n) is 6.44. The number of hydrogen-bond donors (Lipinski definition) is 1. The average Bonchev–Trinajstić information content (AvgIpc) is 2.75. The fourth-order valence-corrected chi connectivity index (χ4v) is 1.70. The fourth-order valence-electron chi connectivity index (χ4n) is 1.70. The molecule has 5 heteroatoms. The molecule has 1 aromatic heterocycles. The maximum atomic E-state index is 12.0. The molecule has 0 aliphatic rings. The van der Waals surface area contributed by atoms with Crippen LogP contribution in [0.5, 0.6) is 0 Å². The summed E-state index contributed by atoms with van der Waals surface area (Å²) in [5.41, 5.74) is 1.24. The summed E-state index contributed by atoms with van der Waals surface area (Å²) in [6.45, 7) is 9.58. The van der Waals surface area contributed by atoms with Crippen LogP contribution >= 0.6 is 0 Å². The molecule has 1 heterocycles. The summed E-state index contributed by atoms with van der Waals surface area (Å²) in [6, 6.07) is 0.303. The highest BCUT2D eigenvalue weighted by Crippen LogP contribution is 2.13. The van der Waals surface area contributed by atoms with Crippen molar-refractivity contribution in [2.75, 3.05) is 20.1 Å². The molecular weight excluding hydrogens is 230 g/mol. The highest BCUT2D eigenvalue weighted by atomic mass is 16.5. The zero-order valence-corrected chi connectivity index (χ0v) is 11.9. The van der Waals surface area contributed by atoms with Gasteiger partial charge < -0.3 is 14.7 Å². The second kappa shape index (κ2) is 6.54. The van der Waals surface area contributed by atoms with Crippen LogP contribution in [0.2, 0.25) is 0 Å². The number of rotatable bonds is 6. The molecule has 0 spiro atoms. The van der Waals surface area contributed by atoms with Crippen molar-refractivity contribution in [3.05, 3.63) is 17.0 Å². The molecule has 1 aromatic rings. The summed E-state index contributed by atoms with van der Waals surface area (Å²) >= 11 is 0. The number of carbonyl (C=O) groups is 1. The Balaban J connectivity index is 2.58. The normalized spacial score (nSPS) is 12.8. The van der Waals surface area contributed by atoms with Crippen molar-refractivity contribution in [3.8, 4) is 0 Å². The van der Waals surface area contributed by atoms with E-state index in [1.54, 1.807) is 0 Å². The smallest absolute Gasteiger partial charge is 0.273 e. The molecule has 0 radical (unpaired) electrons. The van der Waals surface area contributed by atoms with Crippen molar-refractivity contribution in [2.24, 2.45) is 0 Å². The second-order valence-corrected chi connectivity index (χ2v) is 4.57. The van der Waals surface area contributed by atoms with Crippen LogP contribution in [-0.4, -0.2) is 42.1 Å². The van der Waals surface area contributed by atoms with E-state index in [1.165, 1.54) is 0 Å². The molecule has 18 heavy (non-hydrogen) atoms. The van der Waals surface area contributed by atoms with E-state index in [-0.39, 0.29) is 5.91 Å². The number of likely N-dealkylation sites (N-methyl/N-ethyl adjacent to an activating group) is 1. The summed E-state index contributed by atoms with van der Waals surface area (Å²) in [4.78, 5) is 14.1. The van der Waals surface area contributed by atoms with Gasteiger partial charge in [0, 0.05) is 24.6 Å². The standard InChI is InChI=1S/C13H23N3O2/c1-6-11-10(4)12(15-18-11)13(17)14-8-9(3)16(5)7-2/h9H,6-8H2,1-5H3,(H,14,17). The molecule has 1 amide bonds. The number of aromatic nitrogens is 1. The van der Waals surface area contributed by atoms with Gasteiger partial charge in [-0.25, -0.2) is 0 Å². The third-order valence-corrected chi connectivity index (χ3v) is 3.37. The molecule has 5 nitrogen and oxygen atoms in total. The first-order valence-corrected chi connectivity index (χ1v) is 6.44. The Bertz CT molecular complexity index is 401. The van der Waals surface area contributed by atoms with E-state index in [9.17, 15) is 4.79 Å². The predicted molar refractivity (Wildman–Crippen MR) is 70.7 cm³/mol. The third-order valence-electron chi connectivity index (χ3n) is 3.37. The van der Waals surface area contributed by atoms with Crippen LogP contribution in [0.15, 0.2) is 4.52 Å². The first kappa shape index (κ1) is 14.7. The van der Waals surface area contributed by atoms with Crippen LogP contribution in [-0.2, 0) is 6.42 Å². The van der Waals surface area contributed by atoms with Crippen LogP contribution in [0, 0.1) is 6.92 Å². The Hall–Kier alpha value is -1.36. The van der Waals surface area contributed by atoms with Crippen molar-refractivity contribution >= 4 is 5.91 Å². The summed E-state index contributed by atoms with van der Waals surface area (Å²) in [5, 5.41) is 6.72. The molecule has 1 unspecified atom stereocenters. The summed E-state index contributed by atoms with van der Waals surface area (Å²) < 4.78 is 5.12. The van der Waals surface area contributed by atoms with Crippen LogP contribution < -0.4 is 5.32 Å². The molecule has 0 aliphatic carbocycles. The molecule has 1 rings (SSSR count). The first-order chi connectivity index (χ1) is 8.51. The highest BCUT2D eigenvalue weighted by Gasteiger charge is 2.18. The van der Waals surface area contributed by atoms with E-state index in [2.05, 4.69) is 29.2 Å². The van der Waals surface area contributed by atoms with Gasteiger partial charge in [0.2, 0.25) is 0 Å². The Morgan fingerprint density at radius 3 is 2.67 bits per heavy atom. The second-order valence-electron chi connectivity index (χ2n) is 4.57. The lowest BCUT2D eigenvalue weighted by molar-refractivity contribution is 0.0931. The van der Waals surface area contributed by atoms with E-state index >= 15 is 0 Å². The topological polar surface area (TPSA) is 58.4 Å². The van der Waals surface area contributed by atoms with Gasteiger partial charge in [-0.15, -0.1) is 0 Å². The van der Waals surface area contributed by atoms with E-state index in [0.29, 0.717) is 18.3 Å². The van der Waals surface area contributed by atoms with E-state index in [1.807, 2.05) is 20.9 Å². The summed E-state index contributed by atoms with van der Waals surface area (Å²) in [5.74, 6) is 0.617. The lowest BCUT2D eigenvalue weighted by Crippen LogP contribution is -2.40. The Labute approximate surface area is 109 Å². The van der Waals surface area contributed by atoms with Crippen LogP contribution in [0.4, 0.5) is 0 Å². The van der Waals surface area contributed by atoms with Gasteiger partial charge in [-0.05, 0) is 27.4 Å². The molecule has 0 saturated carbocycles. The monoisotopic (exact) mass is 253 g/mol. The molecule has 0 fully saturated rings. The molecule has 0 aromatic carbocycles. The minimum atomic E-state index is -0.160. The van der Waals surface area contributed by atoms with Crippen molar-refractivity contribution < 1.29 is 9.32 Å². The lowest BCUT2D eigenvalue weighted by Gasteiger charge is -2.22. The van der Waals surface area contributed by atoms with Crippen LogP contribution in [0.3, 0.4) is 0 Å². The number of nitrogens with zero attached hydrogens (tertiary/aromatic N) is 2. The molecule has 1 atom stereocenters. The van der Waals surface area contributed by atoms with E-state index < -0.39 is 0 Å². The minimum absolute atomic E-state index is 0.160. The molecular formula is C13H23N3O2. The van der Waals surface area contributed by atoms with Crippen molar-refractivity contribution in [2.45, 2.75) is 40.2 Å². The van der Waals surface area contributed by atoms with Crippen molar-refractivity contribution in [3.63, 3.8) is 0 Å². The summed E-state index contributed by atoms with van der Waals surface area (Å²) in [7, 11) is 2.04. The average molecular weight is 253 g/mol. The number of aryl methyl sites for hydroxylation is 1. The number of hydrogen-bond acceptors (Lipinski definition) is 4. The molecule has 1 N–H and O–H groups in total.